The van der Waals surface area contributed by atoms with Crippen LogP contribution in [-0.4, -0.2) is 119 Å². The summed E-state index contributed by atoms with van der Waals surface area (Å²) in [5.74, 6) is -2.83. The lowest BCUT2D eigenvalue weighted by atomic mass is 9.78. The zero-order chi connectivity index (χ0) is 27.3. The van der Waals surface area contributed by atoms with Gasteiger partial charge in [0.15, 0.2) is 0 Å². The van der Waals surface area contributed by atoms with Crippen molar-refractivity contribution >= 4 is 35.5 Å². The van der Waals surface area contributed by atoms with Crippen LogP contribution in [0.2, 0.25) is 0 Å². The molecule has 0 saturated carbocycles. The number of β-amino-alcohol motifs (C(OH)–C–C–N with tert-alkyl or cyclic N) is 1. The molecule has 0 bridgehead atoms. The van der Waals surface area contributed by atoms with Crippen LogP contribution in [0.1, 0.15) is 20.3 Å². The van der Waals surface area contributed by atoms with Gasteiger partial charge in [0.2, 0.25) is 17.7 Å². The summed E-state index contributed by atoms with van der Waals surface area (Å²) in [5, 5.41) is 36.5. The summed E-state index contributed by atoms with van der Waals surface area (Å²) >= 11 is 1.39. The van der Waals surface area contributed by atoms with Crippen LogP contribution in [0.3, 0.4) is 0 Å². The van der Waals surface area contributed by atoms with Gasteiger partial charge in [-0.25, -0.2) is 9.48 Å². The number of carbonyl (C=O) groups excluding carboxylic acids is 3. The third-order valence-electron chi connectivity index (χ3n) is 7.74. The number of nitrogens with two attached hydrogens (primary N) is 1. The van der Waals surface area contributed by atoms with E-state index < -0.39 is 36.1 Å². The number of hydrogen-bond acceptors (Lipinski definition) is 11. The van der Waals surface area contributed by atoms with Crippen molar-refractivity contribution in [3.63, 3.8) is 0 Å². The second-order valence-corrected chi connectivity index (χ2v) is 11.6. The minimum absolute atomic E-state index is 0.0237. The lowest BCUT2D eigenvalue weighted by molar-refractivity contribution is -0.158. The summed E-state index contributed by atoms with van der Waals surface area (Å²) < 4.78 is 1.27. The number of nitrogens with zero attached hydrogens (tertiary/aromatic N) is 6. The van der Waals surface area contributed by atoms with Crippen molar-refractivity contribution < 1.29 is 29.4 Å². The lowest BCUT2D eigenvalue weighted by Gasteiger charge is -2.47. The van der Waals surface area contributed by atoms with E-state index in [4.69, 9.17) is 5.73 Å². The number of carboxylic acids is 1. The van der Waals surface area contributed by atoms with Crippen molar-refractivity contribution in [1.29, 1.82) is 0 Å². The maximum absolute atomic E-state index is 13.1. The molecule has 5 rings (SSSR count). The van der Waals surface area contributed by atoms with Gasteiger partial charge in [0.05, 0.1) is 24.1 Å². The summed E-state index contributed by atoms with van der Waals surface area (Å²) in [5.41, 5.74) is 5.81. The number of carbonyl (C=O) groups is 4. The van der Waals surface area contributed by atoms with Crippen molar-refractivity contribution in [2.24, 2.45) is 17.6 Å². The molecule has 6 N–H and O–H groups in total. The average Bonchev–Trinajstić information content (AvgIpc) is 3.63. The maximum atomic E-state index is 13.1. The fourth-order valence-corrected chi connectivity index (χ4v) is 7.34. The van der Waals surface area contributed by atoms with Crippen LogP contribution < -0.4 is 16.4 Å². The largest absolute Gasteiger partial charge is 0.477 e. The van der Waals surface area contributed by atoms with Crippen molar-refractivity contribution in [2.45, 2.75) is 62.3 Å². The first-order valence-electron chi connectivity index (χ1n) is 12.5. The molecule has 1 aromatic rings. The minimum atomic E-state index is -1.18. The SMILES string of the molecule is C[C@@H](NC(=O)Cn1cnnn1)[C@H]1C(=O)N2C(C(=O)O)=C(S[C@@H]3CN[C@H](C(=O)N4C[C@@H](N)[C@@H](O)C4)C3)[C@H](C)[C@H]12. The molecule has 1 aromatic heterocycles. The first-order valence-corrected chi connectivity index (χ1v) is 13.4. The Hall–Kier alpha value is -3.08. The molecule has 0 aliphatic carbocycles. The molecule has 0 spiro atoms. The van der Waals surface area contributed by atoms with Gasteiger partial charge in [-0.05, 0) is 23.8 Å². The van der Waals surface area contributed by atoms with Crippen molar-refractivity contribution in [3.05, 3.63) is 16.9 Å². The van der Waals surface area contributed by atoms with E-state index >= 15 is 0 Å². The predicted octanol–water partition coefficient (Wildman–Crippen LogP) is -3.06. The number of aromatic nitrogens is 4. The molecule has 0 radical (unpaired) electrons. The number of likely N-dealkylation sites (tertiary alicyclic amines) is 1. The van der Waals surface area contributed by atoms with E-state index in [1.54, 1.807) is 11.8 Å². The van der Waals surface area contributed by atoms with Crippen molar-refractivity contribution in [1.82, 2.24) is 40.6 Å². The molecule has 3 fully saturated rings. The van der Waals surface area contributed by atoms with Gasteiger partial charge in [-0.3, -0.25) is 14.4 Å². The fraction of sp³-hybridized carbons (Fsp3) is 0.682. The number of nitrogens with one attached hydrogen (secondary N) is 2. The average molecular weight is 550 g/mol. The molecule has 8 atom stereocenters. The first kappa shape index (κ1) is 26.5. The van der Waals surface area contributed by atoms with Crippen LogP contribution in [-0.2, 0) is 25.7 Å². The molecule has 5 heterocycles. The summed E-state index contributed by atoms with van der Waals surface area (Å²) in [6.07, 6.45) is 1.06. The molecule has 206 valence electrons. The molecule has 4 aliphatic heterocycles. The first-order chi connectivity index (χ1) is 18.1. The molecule has 38 heavy (non-hydrogen) atoms. The van der Waals surface area contributed by atoms with Crippen LogP contribution in [0.15, 0.2) is 16.9 Å². The molecule has 3 saturated heterocycles. The highest BCUT2D eigenvalue weighted by Crippen LogP contribution is 2.51. The monoisotopic (exact) mass is 549 g/mol. The number of aliphatic hydroxyl groups excluding tert-OH is 1. The topological polar surface area (TPSA) is 209 Å². The number of amides is 3. The fourth-order valence-electron chi connectivity index (χ4n) is 5.86. The van der Waals surface area contributed by atoms with E-state index in [0.717, 1.165) is 0 Å². The second kappa shape index (κ2) is 10.2. The summed E-state index contributed by atoms with van der Waals surface area (Å²) in [4.78, 5) is 54.2. The van der Waals surface area contributed by atoms with Crippen LogP contribution in [0.25, 0.3) is 0 Å². The number of aliphatic carboxylic acids is 1. The van der Waals surface area contributed by atoms with E-state index in [-0.39, 0.29) is 53.7 Å². The van der Waals surface area contributed by atoms with Gasteiger partial charge in [0, 0.05) is 47.8 Å². The molecule has 0 unspecified atom stereocenters. The van der Waals surface area contributed by atoms with Crippen LogP contribution in [0.4, 0.5) is 0 Å². The second-order valence-electron chi connectivity index (χ2n) is 10.3. The number of aliphatic hydroxyl groups is 1. The van der Waals surface area contributed by atoms with E-state index in [1.165, 1.54) is 27.7 Å². The van der Waals surface area contributed by atoms with Gasteiger partial charge in [-0.15, -0.1) is 16.9 Å². The zero-order valence-corrected chi connectivity index (χ0v) is 21.7. The Morgan fingerprint density at radius 2 is 2.11 bits per heavy atom. The Labute approximate surface area is 222 Å². The Bertz CT molecular complexity index is 1150. The zero-order valence-electron chi connectivity index (χ0n) is 20.9. The Balaban J connectivity index is 1.23. The Morgan fingerprint density at radius 1 is 1.34 bits per heavy atom. The minimum Gasteiger partial charge on any atom is -0.477 e. The highest BCUT2D eigenvalue weighted by molar-refractivity contribution is 8.03. The smallest absolute Gasteiger partial charge is 0.353 e. The number of rotatable bonds is 8. The molecule has 15 nitrogen and oxygen atoms in total. The van der Waals surface area contributed by atoms with Gasteiger partial charge >= 0.3 is 5.97 Å². The number of fused-ring (bicyclic) bond motifs is 1. The highest BCUT2D eigenvalue weighted by atomic mass is 32.2. The summed E-state index contributed by atoms with van der Waals surface area (Å²) in [6.45, 7) is 4.52. The molecular weight excluding hydrogens is 518 g/mol. The quantitative estimate of drug-likeness (QED) is 0.205. The van der Waals surface area contributed by atoms with Crippen LogP contribution in [0, 0.1) is 11.8 Å². The van der Waals surface area contributed by atoms with E-state index in [2.05, 4.69) is 26.2 Å². The van der Waals surface area contributed by atoms with E-state index in [1.807, 2.05) is 6.92 Å². The molecule has 16 heteroatoms. The third-order valence-corrected chi connectivity index (χ3v) is 9.25. The Morgan fingerprint density at radius 3 is 2.74 bits per heavy atom. The number of hydrogen-bond donors (Lipinski definition) is 5. The normalized spacial score (nSPS) is 33.4. The summed E-state index contributed by atoms with van der Waals surface area (Å²) in [6, 6.07) is -1.82. The van der Waals surface area contributed by atoms with Gasteiger partial charge in [-0.2, -0.15) is 0 Å². The molecule has 0 aromatic carbocycles. The molecular formula is C22H31N9O6S. The van der Waals surface area contributed by atoms with E-state index in [0.29, 0.717) is 24.4 Å². The number of β-lactam (4-membered cyclic amide) rings is 1. The number of tetrazole rings is 1. The van der Waals surface area contributed by atoms with Gasteiger partial charge in [-0.1, -0.05) is 6.92 Å². The van der Waals surface area contributed by atoms with Crippen LogP contribution in [0.5, 0.6) is 0 Å². The third kappa shape index (κ3) is 4.65. The standard InChI is InChI=1S/C22H31N9O6S/c1-9-17-16(10(2)26-15(33)7-30-8-25-27-28-30)21(35)31(17)18(22(36)37)19(9)38-11-3-13(24-4-11)20(34)29-5-12(23)14(32)6-29/h8-14,16-17,24,32H,3-7,23H2,1-2H3,(H,26,33)(H,36,37)/t9-,10-,11+,12-,13+,14+,16-,17-/m1/s1. The summed E-state index contributed by atoms with van der Waals surface area (Å²) in [7, 11) is 0. The van der Waals surface area contributed by atoms with Crippen LogP contribution >= 0.6 is 11.8 Å². The molecule has 3 amide bonds. The van der Waals surface area contributed by atoms with Gasteiger partial charge < -0.3 is 36.4 Å². The maximum Gasteiger partial charge on any atom is 0.353 e. The number of carboxylic acid groups (broad SMARTS) is 1. The van der Waals surface area contributed by atoms with Crippen molar-refractivity contribution in [2.75, 3.05) is 19.6 Å². The Kier molecular flexibility index (Phi) is 7.15. The van der Waals surface area contributed by atoms with Crippen molar-refractivity contribution in [3.8, 4) is 0 Å². The number of thioether (sulfide) groups is 1. The highest BCUT2D eigenvalue weighted by Gasteiger charge is 2.60. The molecule has 4 aliphatic rings. The van der Waals surface area contributed by atoms with E-state index in [9.17, 15) is 29.4 Å². The lowest BCUT2D eigenvalue weighted by Crippen LogP contribution is -2.66. The van der Waals surface area contributed by atoms with Gasteiger partial charge in [0.25, 0.3) is 0 Å². The predicted molar refractivity (Wildman–Crippen MR) is 132 cm³/mol. The van der Waals surface area contributed by atoms with Gasteiger partial charge in [0.1, 0.15) is 18.6 Å².